The summed E-state index contributed by atoms with van der Waals surface area (Å²) in [6.07, 6.45) is 5.61. The quantitative estimate of drug-likeness (QED) is 0.856. The Labute approximate surface area is 128 Å². The van der Waals surface area contributed by atoms with E-state index in [1.807, 2.05) is 4.57 Å². The Hall–Kier alpha value is -1.39. The summed E-state index contributed by atoms with van der Waals surface area (Å²) >= 11 is 6.41. The van der Waals surface area contributed by atoms with Crippen molar-refractivity contribution in [1.82, 2.24) is 14.5 Å². The number of pyridine rings is 2. The Morgan fingerprint density at radius 2 is 2.05 bits per heavy atom. The lowest BCUT2D eigenvalue weighted by atomic mass is 10.00. The number of hydrogen-bond acceptors (Lipinski definition) is 3. The van der Waals surface area contributed by atoms with Crippen LogP contribution in [0.2, 0.25) is 5.02 Å². The average molecular weight is 304 g/mol. The average Bonchev–Trinajstić information content (AvgIpc) is 2.88. The van der Waals surface area contributed by atoms with E-state index in [2.05, 4.69) is 9.88 Å². The van der Waals surface area contributed by atoms with E-state index in [-0.39, 0.29) is 5.56 Å². The lowest BCUT2D eigenvalue weighted by molar-refractivity contribution is 0.212. The molecule has 1 atom stereocenters. The summed E-state index contributed by atoms with van der Waals surface area (Å²) in [4.78, 5) is 19.0. The summed E-state index contributed by atoms with van der Waals surface area (Å²) in [7, 11) is 0. The minimum Gasteiger partial charge on any atom is -0.306 e. The van der Waals surface area contributed by atoms with Crippen LogP contribution in [0, 0.1) is 0 Å². The van der Waals surface area contributed by atoms with Crippen molar-refractivity contribution in [3.63, 3.8) is 0 Å². The zero-order valence-corrected chi connectivity index (χ0v) is 12.6. The van der Waals surface area contributed by atoms with Gasteiger partial charge in [-0.3, -0.25) is 9.78 Å². The van der Waals surface area contributed by atoms with Crippen LogP contribution >= 0.6 is 11.6 Å². The Morgan fingerprint density at radius 1 is 1.24 bits per heavy atom. The number of likely N-dealkylation sites (tertiary alicyclic amines) is 1. The maximum atomic E-state index is 12.1. The lowest BCUT2D eigenvalue weighted by Gasteiger charge is -2.29. The van der Waals surface area contributed by atoms with Gasteiger partial charge in [0.2, 0.25) is 0 Å². The van der Waals surface area contributed by atoms with Crippen molar-refractivity contribution in [2.24, 2.45) is 0 Å². The van der Waals surface area contributed by atoms with Crippen molar-refractivity contribution in [2.75, 3.05) is 19.6 Å². The molecule has 2 aliphatic heterocycles. The summed E-state index contributed by atoms with van der Waals surface area (Å²) in [6, 6.07) is 3.41. The molecule has 2 aliphatic rings. The van der Waals surface area contributed by atoms with Gasteiger partial charge >= 0.3 is 0 Å². The highest BCUT2D eigenvalue weighted by Gasteiger charge is 2.30. The van der Waals surface area contributed by atoms with Crippen LogP contribution in [0.5, 0.6) is 0 Å². The molecule has 0 bridgehead atoms. The molecule has 110 valence electrons. The van der Waals surface area contributed by atoms with Crippen LogP contribution in [0.25, 0.3) is 11.0 Å². The molecule has 0 aromatic carbocycles. The maximum absolute atomic E-state index is 12.1. The Kier molecular flexibility index (Phi) is 3.23. The van der Waals surface area contributed by atoms with Crippen molar-refractivity contribution in [3.8, 4) is 0 Å². The molecule has 4 rings (SSSR count). The normalized spacial score (nSPS) is 22.0. The number of halogens is 1. The van der Waals surface area contributed by atoms with Crippen LogP contribution in [0.3, 0.4) is 0 Å². The summed E-state index contributed by atoms with van der Waals surface area (Å²) in [5.74, 6) is 0.302. The number of aromatic nitrogens is 2. The molecule has 21 heavy (non-hydrogen) atoms. The molecule has 5 heteroatoms. The number of rotatable bonds is 2. The Bertz CT molecular complexity index is 749. The van der Waals surface area contributed by atoms with E-state index in [9.17, 15) is 4.79 Å². The standard InChI is InChI=1S/C16H18ClN3O/c17-12-8-18-13-4-5-14(21)20-10-11(15(12)16(13)20)9-19-6-2-1-3-7-19/h4-5,8,11H,1-3,6-7,9-10H2. The van der Waals surface area contributed by atoms with Gasteiger partial charge in [0.15, 0.2) is 0 Å². The predicted molar refractivity (Wildman–Crippen MR) is 84.0 cm³/mol. The molecule has 0 N–H and O–H groups in total. The minimum atomic E-state index is 0.0500. The molecular formula is C16H18ClN3O. The van der Waals surface area contributed by atoms with Crippen LogP contribution in [0.15, 0.2) is 23.1 Å². The fraction of sp³-hybridized carbons (Fsp3) is 0.500. The molecule has 0 radical (unpaired) electrons. The fourth-order valence-electron chi connectivity index (χ4n) is 3.75. The summed E-state index contributed by atoms with van der Waals surface area (Å²) < 4.78 is 1.85. The van der Waals surface area contributed by atoms with E-state index < -0.39 is 0 Å². The third kappa shape index (κ3) is 2.17. The molecular weight excluding hydrogens is 286 g/mol. The highest BCUT2D eigenvalue weighted by atomic mass is 35.5. The predicted octanol–water partition coefficient (Wildman–Crippen LogP) is 2.63. The largest absolute Gasteiger partial charge is 0.306 e. The monoisotopic (exact) mass is 303 g/mol. The van der Waals surface area contributed by atoms with Gasteiger partial charge in [-0.25, -0.2) is 0 Å². The highest BCUT2D eigenvalue weighted by molar-refractivity contribution is 6.32. The van der Waals surface area contributed by atoms with Gasteiger partial charge in [0.25, 0.3) is 5.56 Å². The van der Waals surface area contributed by atoms with Gasteiger partial charge in [-0.2, -0.15) is 0 Å². The minimum absolute atomic E-state index is 0.0500. The first kappa shape index (κ1) is 13.3. The highest BCUT2D eigenvalue weighted by Crippen LogP contribution is 2.37. The van der Waals surface area contributed by atoms with Crippen molar-refractivity contribution < 1.29 is 0 Å². The molecule has 1 saturated heterocycles. The number of hydrogen-bond donors (Lipinski definition) is 0. The SMILES string of the molecule is O=c1ccc2ncc(Cl)c3c2n1CC3CN1CCCCC1. The first-order valence-electron chi connectivity index (χ1n) is 7.64. The van der Waals surface area contributed by atoms with E-state index in [4.69, 9.17) is 11.6 Å². The molecule has 0 saturated carbocycles. The number of piperidine rings is 1. The van der Waals surface area contributed by atoms with Crippen LogP contribution in [-0.2, 0) is 6.54 Å². The Morgan fingerprint density at radius 3 is 2.86 bits per heavy atom. The number of nitrogens with zero attached hydrogens (tertiary/aromatic N) is 3. The van der Waals surface area contributed by atoms with Gasteiger partial charge in [0, 0.05) is 36.8 Å². The molecule has 4 nitrogen and oxygen atoms in total. The lowest BCUT2D eigenvalue weighted by Crippen LogP contribution is -2.34. The maximum Gasteiger partial charge on any atom is 0.251 e. The second kappa shape index (κ2) is 5.11. The van der Waals surface area contributed by atoms with E-state index in [0.29, 0.717) is 10.9 Å². The van der Waals surface area contributed by atoms with Gasteiger partial charge < -0.3 is 9.47 Å². The van der Waals surface area contributed by atoms with Crippen LogP contribution in [0.4, 0.5) is 0 Å². The van der Waals surface area contributed by atoms with Crippen molar-refractivity contribution in [2.45, 2.75) is 31.7 Å². The zero-order valence-electron chi connectivity index (χ0n) is 11.9. The van der Waals surface area contributed by atoms with Gasteiger partial charge in [0.1, 0.15) is 0 Å². The molecule has 2 aromatic heterocycles. The van der Waals surface area contributed by atoms with Crippen LogP contribution in [0.1, 0.15) is 30.7 Å². The van der Waals surface area contributed by atoms with Gasteiger partial charge in [-0.15, -0.1) is 0 Å². The van der Waals surface area contributed by atoms with E-state index in [1.54, 1.807) is 18.3 Å². The van der Waals surface area contributed by atoms with Crippen molar-refractivity contribution in [1.29, 1.82) is 0 Å². The smallest absolute Gasteiger partial charge is 0.251 e. The third-order valence-electron chi connectivity index (χ3n) is 4.73. The molecule has 0 amide bonds. The zero-order chi connectivity index (χ0) is 14.4. The van der Waals surface area contributed by atoms with Gasteiger partial charge in [-0.05, 0) is 32.0 Å². The van der Waals surface area contributed by atoms with Crippen molar-refractivity contribution >= 4 is 22.6 Å². The molecule has 1 fully saturated rings. The summed E-state index contributed by atoms with van der Waals surface area (Å²) in [5.41, 5.74) is 2.98. The Balaban J connectivity index is 1.76. The summed E-state index contributed by atoms with van der Waals surface area (Å²) in [5, 5.41) is 0.696. The van der Waals surface area contributed by atoms with E-state index >= 15 is 0 Å². The second-order valence-corrected chi connectivity index (χ2v) is 6.50. The molecule has 2 aromatic rings. The third-order valence-corrected chi connectivity index (χ3v) is 5.03. The first-order chi connectivity index (χ1) is 10.2. The molecule has 0 spiro atoms. The van der Waals surface area contributed by atoms with E-state index in [0.717, 1.165) is 42.8 Å². The fourth-order valence-corrected chi connectivity index (χ4v) is 4.04. The molecule has 4 heterocycles. The van der Waals surface area contributed by atoms with Gasteiger partial charge in [-0.1, -0.05) is 18.0 Å². The summed E-state index contributed by atoms with van der Waals surface area (Å²) in [6.45, 7) is 4.04. The topological polar surface area (TPSA) is 38.1 Å². The van der Waals surface area contributed by atoms with Crippen molar-refractivity contribution in [3.05, 3.63) is 39.3 Å². The molecule has 1 unspecified atom stereocenters. The first-order valence-corrected chi connectivity index (χ1v) is 8.02. The van der Waals surface area contributed by atoms with E-state index in [1.165, 1.54) is 19.3 Å². The molecule has 0 aliphatic carbocycles. The van der Waals surface area contributed by atoms with Crippen LogP contribution < -0.4 is 5.56 Å². The van der Waals surface area contributed by atoms with Crippen LogP contribution in [-0.4, -0.2) is 34.1 Å². The second-order valence-electron chi connectivity index (χ2n) is 6.09. The van der Waals surface area contributed by atoms with Gasteiger partial charge in [0.05, 0.1) is 16.1 Å².